The molecule has 114 valence electrons. The van der Waals surface area contributed by atoms with Crippen molar-refractivity contribution in [1.82, 2.24) is 0 Å². The molecule has 0 aliphatic carbocycles. The van der Waals surface area contributed by atoms with Gasteiger partial charge in [-0.1, -0.05) is 0 Å². The van der Waals surface area contributed by atoms with Crippen molar-refractivity contribution in [2.24, 2.45) is 0 Å². The molecule has 1 aromatic rings. The highest BCUT2D eigenvalue weighted by molar-refractivity contribution is 5.93. The second-order valence-electron chi connectivity index (χ2n) is 4.61. The van der Waals surface area contributed by atoms with Gasteiger partial charge < -0.3 is 19.5 Å². The monoisotopic (exact) mass is 293 g/mol. The van der Waals surface area contributed by atoms with Crippen molar-refractivity contribution in [3.63, 3.8) is 0 Å². The molecule has 1 heterocycles. The van der Waals surface area contributed by atoms with E-state index < -0.39 is 12.1 Å². The summed E-state index contributed by atoms with van der Waals surface area (Å²) in [5, 5.41) is 2.64. The van der Waals surface area contributed by atoms with E-state index in [1.807, 2.05) is 6.92 Å². The predicted octanol–water partition coefficient (Wildman–Crippen LogP) is 1.75. The molecular formula is C15H19NO5. The highest BCUT2D eigenvalue weighted by Gasteiger charge is 2.25. The molecule has 21 heavy (non-hydrogen) atoms. The molecule has 0 spiro atoms. The number of carbonyl (C=O) groups excluding carboxylic acids is 2. The van der Waals surface area contributed by atoms with E-state index in [1.165, 1.54) is 0 Å². The van der Waals surface area contributed by atoms with Crippen LogP contribution < -0.4 is 10.1 Å². The van der Waals surface area contributed by atoms with Gasteiger partial charge in [0.2, 0.25) is 0 Å². The minimum absolute atomic E-state index is 0.314. The van der Waals surface area contributed by atoms with Crippen LogP contribution in [0.25, 0.3) is 0 Å². The first-order valence-corrected chi connectivity index (χ1v) is 7.00. The minimum atomic E-state index is -0.525. The van der Waals surface area contributed by atoms with Gasteiger partial charge >= 0.3 is 5.97 Å². The van der Waals surface area contributed by atoms with E-state index in [2.05, 4.69) is 5.32 Å². The molecule has 6 heteroatoms. The zero-order valence-corrected chi connectivity index (χ0v) is 12.0. The van der Waals surface area contributed by atoms with Gasteiger partial charge in [0, 0.05) is 12.3 Å². The molecule has 0 radical (unpaired) electrons. The van der Waals surface area contributed by atoms with Gasteiger partial charge in [0.1, 0.15) is 5.75 Å². The number of amides is 1. The van der Waals surface area contributed by atoms with Crippen LogP contribution >= 0.6 is 0 Å². The van der Waals surface area contributed by atoms with Gasteiger partial charge in [0.15, 0.2) is 12.7 Å². The number of ether oxygens (including phenoxy) is 3. The molecule has 1 saturated heterocycles. The van der Waals surface area contributed by atoms with Crippen molar-refractivity contribution in [1.29, 1.82) is 0 Å². The average molecular weight is 293 g/mol. The number of hydrogen-bond donors (Lipinski definition) is 1. The zero-order valence-electron chi connectivity index (χ0n) is 12.0. The van der Waals surface area contributed by atoms with E-state index in [1.54, 1.807) is 24.3 Å². The summed E-state index contributed by atoms with van der Waals surface area (Å²) in [4.78, 5) is 23.3. The fourth-order valence-electron chi connectivity index (χ4n) is 1.99. The third-order valence-electron chi connectivity index (χ3n) is 2.99. The Morgan fingerprint density at radius 3 is 2.71 bits per heavy atom. The number of benzene rings is 1. The summed E-state index contributed by atoms with van der Waals surface area (Å²) in [7, 11) is 0. The fourth-order valence-corrected chi connectivity index (χ4v) is 1.99. The smallest absolute Gasteiger partial charge is 0.335 e. The number of rotatable bonds is 6. The molecule has 1 fully saturated rings. The van der Waals surface area contributed by atoms with Gasteiger partial charge in [-0.2, -0.15) is 0 Å². The van der Waals surface area contributed by atoms with Crippen LogP contribution in [0.3, 0.4) is 0 Å². The first kappa shape index (κ1) is 15.3. The Balaban J connectivity index is 1.74. The number of nitrogens with one attached hydrogen (secondary N) is 1. The lowest BCUT2D eigenvalue weighted by Gasteiger charge is -2.10. The summed E-state index contributed by atoms with van der Waals surface area (Å²) in [6.07, 6.45) is 0.973. The Morgan fingerprint density at radius 2 is 2.10 bits per heavy atom. The van der Waals surface area contributed by atoms with E-state index in [9.17, 15) is 9.59 Å². The molecule has 0 bridgehead atoms. The second kappa shape index (κ2) is 7.64. The molecule has 0 unspecified atom stereocenters. The Hall–Kier alpha value is -2.08. The Kier molecular flexibility index (Phi) is 5.57. The van der Waals surface area contributed by atoms with Crippen LogP contribution in [-0.2, 0) is 19.1 Å². The van der Waals surface area contributed by atoms with Crippen molar-refractivity contribution in [3.8, 4) is 5.75 Å². The van der Waals surface area contributed by atoms with Crippen molar-refractivity contribution in [3.05, 3.63) is 24.3 Å². The maximum absolute atomic E-state index is 11.7. The molecule has 0 aromatic heterocycles. The van der Waals surface area contributed by atoms with E-state index in [4.69, 9.17) is 14.2 Å². The lowest BCUT2D eigenvalue weighted by Crippen LogP contribution is -2.27. The Morgan fingerprint density at radius 1 is 1.33 bits per heavy atom. The first-order valence-electron chi connectivity index (χ1n) is 7.00. The summed E-state index contributed by atoms with van der Waals surface area (Å²) in [6, 6.07) is 6.98. The number of esters is 1. The molecule has 2 rings (SSSR count). The van der Waals surface area contributed by atoms with Crippen molar-refractivity contribution < 1.29 is 23.8 Å². The summed E-state index contributed by atoms with van der Waals surface area (Å²) in [5.74, 6) is -0.125. The summed E-state index contributed by atoms with van der Waals surface area (Å²) in [5.41, 5.74) is 0.622. The number of hydrogen-bond acceptors (Lipinski definition) is 5. The molecule has 0 saturated carbocycles. The predicted molar refractivity (Wildman–Crippen MR) is 76.2 cm³/mol. The molecule has 1 aromatic carbocycles. The Bertz CT molecular complexity index is 479. The molecule has 1 aliphatic rings. The minimum Gasteiger partial charge on any atom is -0.494 e. The van der Waals surface area contributed by atoms with Crippen LogP contribution in [0.4, 0.5) is 5.69 Å². The summed E-state index contributed by atoms with van der Waals surface area (Å²) >= 11 is 0. The number of anilines is 1. The zero-order chi connectivity index (χ0) is 15.1. The average Bonchev–Trinajstić information content (AvgIpc) is 3.01. The van der Waals surface area contributed by atoms with Crippen molar-refractivity contribution in [2.75, 3.05) is 25.1 Å². The topological polar surface area (TPSA) is 73.9 Å². The normalized spacial score (nSPS) is 17.3. The van der Waals surface area contributed by atoms with Crippen LogP contribution in [0.2, 0.25) is 0 Å². The standard InChI is InChI=1S/C15H19NO5/c1-2-19-12-7-5-11(6-8-12)16-14(17)10-21-15(18)13-4-3-9-20-13/h5-8,13H,2-4,9-10H2,1H3,(H,16,17)/t13-/m1/s1. The molecule has 1 aliphatic heterocycles. The maximum atomic E-state index is 11.7. The van der Waals surface area contributed by atoms with Crippen LogP contribution in [0, 0.1) is 0 Å². The van der Waals surface area contributed by atoms with Crippen LogP contribution in [0.15, 0.2) is 24.3 Å². The second-order valence-corrected chi connectivity index (χ2v) is 4.61. The summed E-state index contributed by atoms with van der Waals surface area (Å²) in [6.45, 7) is 2.74. The Labute approximate surface area is 123 Å². The lowest BCUT2D eigenvalue weighted by atomic mass is 10.2. The summed E-state index contributed by atoms with van der Waals surface area (Å²) < 4.78 is 15.4. The molecule has 1 N–H and O–H groups in total. The fraction of sp³-hybridized carbons (Fsp3) is 0.467. The van der Waals surface area contributed by atoms with Crippen molar-refractivity contribution >= 4 is 17.6 Å². The molecule has 1 amide bonds. The largest absolute Gasteiger partial charge is 0.494 e. The maximum Gasteiger partial charge on any atom is 0.335 e. The molecule has 1 atom stereocenters. The van der Waals surface area contributed by atoms with Crippen LogP contribution in [0.5, 0.6) is 5.75 Å². The van der Waals surface area contributed by atoms with E-state index in [-0.39, 0.29) is 12.5 Å². The molecular weight excluding hydrogens is 274 g/mol. The van der Waals surface area contributed by atoms with Gasteiger partial charge in [0.25, 0.3) is 5.91 Å². The van der Waals surface area contributed by atoms with Crippen molar-refractivity contribution in [2.45, 2.75) is 25.9 Å². The quantitative estimate of drug-likeness (QED) is 0.809. The van der Waals surface area contributed by atoms with E-state index >= 15 is 0 Å². The van der Waals surface area contributed by atoms with Gasteiger partial charge in [-0.05, 0) is 44.0 Å². The molecule has 6 nitrogen and oxygen atoms in total. The van der Waals surface area contributed by atoms with Gasteiger partial charge in [-0.3, -0.25) is 4.79 Å². The first-order chi connectivity index (χ1) is 10.2. The highest BCUT2D eigenvalue weighted by atomic mass is 16.6. The number of carbonyl (C=O) groups is 2. The third kappa shape index (κ3) is 4.75. The highest BCUT2D eigenvalue weighted by Crippen LogP contribution is 2.16. The van der Waals surface area contributed by atoms with E-state index in [0.717, 1.165) is 12.2 Å². The van der Waals surface area contributed by atoms with Crippen LogP contribution in [0.1, 0.15) is 19.8 Å². The van der Waals surface area contributed by atoms with Gasteiger partial charge in [-0.25, -0.2) is 4.79 Å². The lowest BCUT2D eigenvalue weighted by molar-refractivity contribution is -0.156. The van der Waals surface area contributed by atoms with Crippen LogP contribution in [-0.4, -0.2) is 37.8 Å². The van der Waals surface area contributed by atoms with E-state index in [0.29, 0.717) is 25.3 Å². The SMILES string of the molecule is CCOc1ccc(NC(=O)COC(=O)[C@H]2CCCO2)cc1. The van der Waals surface area contributed by atoms with Gasteiger partial charge in [0.05, 0.1) is 6.61 Å². The third-order valence-corrected chi connectivity index (χ3v) is 2.99. The van der Waals surface area contributed by atoms with Gasteiger partial charge in [-0.15, -0.1) is 0 Å².